The Morgan fingerprint density at radius 2 is 2.19 bits per heavy atom. The molecule has 1 fully saturated rings. The number of piperidine rings is 1. The van der Waals surface area contributed by atoms with Crippen molar-refractivity contribution in [1.82, 2.24) is 24.4 Å². The highest BCUT2D eigenvalue weighted by atomic mass is 16.2. The molecule has 1 saturated heterocycles. The summed E-state index contributed by atoms with van der Waals surface area (Å²) in [6.45, 7) is 8.09. The van der Waals surface area contributed by atoms with Crippen LogP contribution in [0.3, 0.4) is 0 Å². The molecule has 0 saturated carbocycles. The fourth-order valence-electron chi connectivity index (χ4n) is 3.83. The van der Waals surface area contributed by atoms with Gasteiger partial charge in [-0.1, -0.05) is 13.3 Å². The minimum absolute atomic E-state index is 0.00869. The van der Waals surface area contributed by atoms with Crippen LogP contribution in [0.1, 0.15) is 61.4 Å². The van der Waals surface area contributed by atoms with Crippen molar-refractivity contribution >= 4 is 5.91 Å². The largest absolute Gasteiger partial charge is 0.342 e. The molecule has 146 valence electrons. The van der Waals surface area contributed by atoms with Gasteiger partial charge in [0.15, 0.2) is 0 Å². The Morgan fingerprint density at radius 3 is 2.93 bits per heavy atom. The van der Waals surface area contributed by atoms with Gasteiger partial charge in [0, 0.05) is 49.2 Å². The maximum absolute atomic E-state index is 12.8. The highest BCUT2D eigenvalue weighted by Crippen LogP contribution is 2.26. The van der Waals surface area contributed by atoms with Gasteiger partial charge in [0.2, 0.25) is 5.91 Å². The number of unbranched alkanes of at least 4 members (excludes halogenated alkanes) is 1. The zero-order valence-corrected chi connectivity index (χ0v) is 16.5. The molecule has 27 heavy (non-hydrogen) atoms. The van der Waals surface area contributed by atoms with Gasteiger partial charge in [0.1, 0.15) is 11.6 Å². The van der Waals surface area contributed by atoms with E-state index in [1.54, 1.807) is 13.8 Å². The van der Waals surface area contributed by atoms with Gasteiger partial charge < -0.3 is 14.5 Å². The van der Waals surface area contributed by atoms with Gasteiger partial charge in [-0.15, -0.1) is 0 Å². The summed E-state index contributed by atoms with van der Waals surface area (Å²) in [5.74, 6) is 1.90. The molecule has 0 aromatic carbocycles. The zero-order valence-electron chi connectivity index (χ0n) is 16.5. The number of hydrogen-bond donors (Lipinski definition) is 1. The lowest BCUT2D eigenvalue weighted by atomic mass is 9.96. The van der Waals surface area contributed by atoms with Gasteiger partial charge in [-0.2, -0.15) is 0 Å². The number of aryl methyl sites for hydroxylation is 3. The van der Waals surface area contributed by atoms with Gasteiger partial charge in [0.05, 0.1) is 6.42 Å². The number of likely N-dealkylation sites (tertiary alicyclic amines) is 1. The first kappa shape index (κ1) is 19.3. The second-order valence-corrected chi connectivity index (χ2v) is 7.40. The van der Waals surface area contributed by atoms with E-state index in [9.17, 15) is 9.59 Å². The lowest BCUT2D eigenvalue weighted by molar-refractivity contribution is -0.131. The number of nitrogens with one attached hydrogen (secondary N) is 1. The highest BCUT2D eigenvalue weighted by molar-refractivity contribution is 5.79. The number of hydrogen-bond acceptors (Lipinski definition) is 4. The highest BCUT2D eigenvalue weighted by Gasteiger charge is 2.28. The first-order valence-corrected chi connectivity index (χ1v) is 9.84. The van der Waals surface area contributed by atoms with E-state index in [-0.39, 0.29) is 23.8 Å². The third-order valence-electron chi connectivity index (χ3n) is 5.31. The lowest BCUT2D eigenvalue weighted by Gasteiger charge is -2.33. The fraction of sp³-hybridized carbons (Fsp3) is 0.600. The van der Waals surface area contributed by atoms with Crippen molar-refractivity contribution in [1.29, 1.82) is 0 Å². The predicted molar refractivity (Wildman–Crippen MR) is 104 cm³/mol. The summed E-state index contributed by atoms with van der Waals surface area (Å²) in [4.78, 5) is 38.5. The van der Waals surface area contributed by atoms with E-state index >= 15 is 0 Å². The first-order chi connectivity index (χ1) is 13.0. The van der Waals surface area contributed by atoms with Gasteiger partial charge in [-0.3, -0.25) is 9.59 Å². The van der Waals surface area contributed by atoms with E-state index in [1.165, 1.54) is 0 Å². The molecule has 2 aromatic rings. The smallest absolute Gasteiger partial charge is 0.254 e. The molecule has 1 aliphatic heterocycles. The van der Waals surface area contributed by atoms with Gasteiger partial charge in [-0.05, 0) is 33.1 Å². The molecule has 1 aliphatic rings. The molecular formula is C20H29N5O2. The fourth-order valence-corrected chi connectivity index (χ4v) is 3.83. The van der Waals surface area contributed by atoms with Crippen molar-refractivity contribution in [2.24, 2.45) is 0 Å². The number of carbonyl (C=O) groups excluding carboxylic acids is 1. The number of imidazole rings is 1. The molecule has 1 amide bonds. The van der Waals surface area contributed by atoms with E-state index in [0.717, 1.165) is 44.6 Å². The van der Waals surface area contributed by atoms with Crippen LogP contribution in [0, 0.1) is 13.8 Å². The topological polar surface area (TPSA) is 83.9 Å². The molecule has 2 aromatic heterocycles. The summed E-state index contributed by atoms with van der Waals surface area (Å²) in [6, 6.07) is 0. The molecule has 3 rings (SSSR count). The molecule has 7 heteroatoms. The first-order valence-electron chi connectivity index (χ1n) is 9.84. The monoisotopic (exact) mass is 371 g/mol. The molecular weight excluding hydrogens is 342 g/mol. The molecule has 0 spiro atoms. The summed E-state index contributed by atoms with van der Waals surface area (Å²) in [6.07, 6.45) is 8.26. The SMILES string of the molecule is CCCCn1ccnc1[C@@H]1CCCN(C(=O)Cc2c(C)nc(C)[nH]c2=O)C1. The minimum atomic E-state index is -0.211. The van der Waals surface area contributed by atoms with Crippen molar-refractivity contribution in [3.63, 3.8) is 0 Å². The summed E-state index contributed by atoms with van der Waals surface area (Å²) < 4.78 is 2.22. The summed E-state index contributed by atoms with van der Waals surface area (Å²) in [5.41, 5.74) is 0.891. The molecule has 1 N–H and O–H groups in total. The number of amides is 1. The molecule has 0 aliphatic carbocycles. The average molecular weight is 371 g/mol. The maximum Gasteiger partial charge on any atom is 0.254 e. The van der Waals surface area contributed by atoms with E-state index in [1.807, 2.05) is 17.3 Å². The zero-order chi connectivity index (χ0) is 19.4. The van der Waals surface area contributed by atoms with Crippen LogP contribution >= 0.6 is 0 Å². The van der Waals surface area contributed by atoms with Crippen LogP contribution in [0.15, 0.2) is 17.2 Å². The van der Waals surface area contributed by atoms with Crippen molar-refractivity contribution in [2.45, 2.75) is 65.3 Å². The molecule has 3 heterocycles. The van der Waals surface area contributed by atoms with Crippen LogP contribution < -0.4 is 5.56 Å². The third-order valence-corrected chi connectivity index (χ3v) is 5.31. The second kappa shape index (κ2) is 8.50. The Balaban J connectivity index is 1.70. The van der Waals surface area contributed by atoms with E-state index < -0.39 is 0 Å². The Morgan fingerprint density at radius 1 is 1.37 bits per heavy atom. The van der Waals surface area contributed by atoms with Crippen molar-refractivity contribution < 1.29 is 4.79 Å². The van der Waals surface area contributed by atoms with Crippen molar-refractivity contribution in [3.05, 3.63) is 45.7 Å². The summed E-state index contributed by atoms with van der Waals surface area (Å²) in [5, 5.41) is 0. The molecule has 0 unspecified atom stereocenters. The van der Waals surface area contributed by atoms with Crippen LogP contribution in [0.4, 0.5) is 0 Å². The summed E-state index contributed by atoms with van der Waals surface area (Å²) >= 11 is 0. The van der Waals surface area contributed by atoms with Crippen LogP contribution in [0.2, 0.25) is 0 Å². The van der Waals surface area contributed by atoms with Crippen LogP contribution in [0.25, 0.3) is 0 Å². The van der Waals surface area contributed by atoms with E-state index in [0.29, 0.717) is 23.6 Å². The number of H-pyrrole nitrogens is 1. The van der Waals surface area contributed by atoms with Crippen LogP contribution in [0.5, 0.6) is 0 Å². The van der Waals surface area contributed by atoms with Crippen molar-refractivity contribution in [3.8, 4) is 0 Å². The molecule has 0 bridgehead atoms. The standard InChI is InChI=1S/C20H29N5O2/c1-4-5-9-24-11-8-21-19(24)16-7-6-10-25(13-16)18(26)12-17-14(2)22-15(3)23-20(17)27/h8,11,16H,4-7,9-10,12-13H2,1-3H3,(H,22,23,27)/t16-/m1/s1. The Hall–Kier alpha value is -2.44. The van der Waals surface area contributed by atoms with Gasteiger partial charge >= 0.3 is 0 Å². The van der Waals surface area contributed by atoms with Gasteiger partial charge in [-0.25, -0.2) is 9.97 Å². The maximum atomic E-state index is 12.8. The van der Waals surface area contributed by atoms with Gasteiger partial charge in [0.25, 0.3) is 5.56 Å². The van der Waals surface area contributed by atoms with Crippen molar-refractivity contribution in [2.75, 3.05) is 13.1 Å². The third kappa shape index (κ3) is 4.46. The Bertz CT molecular complexity index is 854. The lowest BCUT2D eigenvalue weighted by Crippen LogP contribution is -2.41. The van der Waals surface area contributed by atoms with E-state index in [2.05, 4.69) is 26.4 Å². The number of nitrogens with zero attached hydrogens (tertiary/aromatic N) is 4. The summed E-state index contributed by atoms with van der Waals surface area (Å²) in [7, 11) is 0. The quantitative estimate of drug-likeness (QED) is 0.845. The Labute approximate surface area is 159 Å². The Kier molecular flexibility index (Phi) is 6.08. The number of rotatable bonds is 6. The molecule has 7 nitrogen and oxygen atoms in total. The second-order valence-electron chi connectivity index (χ2n) is 7.40. The van der Waals surface area contributed by atoms with E-state index in [4.69, 9.17) is 0 Å². The minimum Gasteiger partial charge on any atom is -0.342 e. The van der Waals surface area contributed by atoms with Crippen LogP contribution in [-0.2, 0) is 17.8 Å². The van der Waals surface area contributed by atoms with Crippen LogP contribution in [-0.4, -0.2) is 43.4 Å². The predicted octanol–water partition coefficient (Wildman–Crippen LogP) is 2.33. The number of aromatic amines is 1. The normalized spacial score (nSPS) is 17.3. The average Bonchev–Trinajstić information content (AvgIpc) is 3.11. The number of aromatic nitrogens is 4. The number of carbonyl (C=O) groups is 1. The molecule has 0 radical (unpaired) electrons. The molecule has 1 atom stereocenters.